The predicted octanol–water partition coefficient (Wildman–Crippen LogP) is 0.975. The van der Waals surface area contributed by atoms with E-state index in [-0.39, 0.29) is 0 Å². The molecule has 2 nitrogen and oxygen atoms in total. The van der Waals surface area contributed by atoms with Crippen molar-refractivity contribution in [3.05, 3.63) is 0 Å². The van der Waals surface area contributed by atoms with E-state index in [1.165, 1.54) is 0 Å². The minimum atomic E-state index is -0.465. The van der Waals surface area contributed by atoms with E-state index in [0.29, 0.717) is 0 Å². The third kappa shape index (κ3) is 0.904. The summed E-state index contributed by atoms with van der Waals surface area (Å²) in [6, 6.07) is 0. The molecule has 0 aliphatic carbocycles. The van der Waals surface area contributed by atoms with Crippen LogP contribution in [0.3, 0.4) is 0 Å². The topological polar surface area (TPSA) is 18.5 Å². The molecule has 0 atom stereocenters. The van der Waals surface area contributed by atoms with E-state index in [2.05, 4.69) is 0 Å². The molecule has 0 spiro atoms. The van der Waals surface area contributed by atoms with Crippen molar-refractivity contribution >= 4 is 8.38 Å². The molecule has 0 radical (unpaired) electrons. The second-order valence-corrected chi connectivity index (χ2v) is 2.50. The standard InChI is InChI=1S/C3H7O2P/c1-6-4-2-3-5-6/h2-3H2,1H3. The first-order valence-electron chi connectivity index (χ1n) is 1.89. The minimum Gasteiger partial charge on any atom is -0.332 e. The molecule has 6 heavy (non-hydrogen) atoms. The van der Waals surface area contributed by atoms with Crippen LogP contribution in [-0.4, -0.2) is 19.9 Å². The van der Waals surface area contributed by atoms with Crippen LogP contribution < -0.4 is 0 Å². The van der Waals surface area contributed by atoms with Gasteiger partial charge in [-0.15, -0.1) is 0 Å². The van der Waals surface area contributed by atoms with Gasteiger partial charge in [0.15, 0.2) is 8.38 Å². The summed E-state index contributed by atoms with van der Waals surface area (Å²) < 4.78 is 9.99. The summed E-state index contributed by atoms with van der Waals surface area (Å²) in [5.41, 5.74) is 0. The van der Waals surface area contributed by atoms with Gasteiger partial charge in [-0.2, -0.15) is 0 Å². The number of hydrogen-bond acceptors (Lipinski definition) is 2. The van der Waals surface area contributed by atoms with Crippen molar-refractivity contribution in [2.24, 2.45) is 0 Å². The fourth-order valence-corrected chi connectivity index (χ4v) is 1.11. The van der Waals surface area contributed by atoms with Crippen molar-refractivity contribution in [1.29, 1.82) is 0 Å². The maximum Gasteiger partial charge on any atom is 0.167 e. The zero-order valence-electron chi connectivity index (χ0n) is 3.68. The van der Waals surface area contributed by atoms with E-state index >= 15 is 0 Å². The second-order valence-electron chi connectivity index (χ2n) is 1.11. The SMILES string of the molecule is CP1OCCO1. The Morgan fingerprint density at radius 1 is 1.33 bits per heavy atom. The van der Waals surface area contributed by atoms with E-state index in [1.807, 2.05) is 6.66 Å². The van der Waals surface area contributed by atoms with Crippen LogP contribution in [0.15, 0.2) is 0 Å². The molecule has 3 heteroatoms. The molecule has 1 aliphatic heterocycles. The lowest BCUT2D eigenvalue weighted by atomic mass is 10.8. The van der Waals surface area contributed by atoms with Crippen LogP contribution in [0.5, 0.6) is 0 Å². The smallest absolute Gasteiger partial charge is 0.167 e. The van der Waals surface area contributed by atoms with Crippen LogP contribution in [0.2, 0.25) is 0 Å². The molecular formula is C3H7O2P. The van der Waals surface area contributed by atoms with Gasteiger partial charge in [0.1, 0.15) is 0 Å². The third-order valence-electron chi connectivity index (χ3n) is 0.630. The molecule has 0 aromatic carbocycles. The summed E-state index contributed by atoms with van der Waals surface area (Å²) in [5, 5.41) is 0. The first kappa shape index (κ1) is 4.51. The van der Waals surface area contributed by atoms with Gasteiger partial charge < -0.3 is 9.05 Å². The molecule has 0 amide bonds. The zero-order chi connectivity index (χ0) is 4.41. The summed E-state index contributed by atoms with van der Waals surface area (Å²) >= 11 is 0. The Bertz CT molecular complexity index is 42.1. The summed E-state index contributed by atoms with van der Waals surface area (Å²) in [4.78, 5) is 0. The van der Waals surface area contributed by atoms with E-state index in [1.54, 1.807) is 0 Å². The largest absolute Gasteiger partial charge is 0.332 e. The van der Waals surface area contributed by atoms with Crippen molar-refractivity contribution in [1.82, 2.24) is 0 Å². The second kappa shape index (κ2) is 1.87. The van der Waals surface area contributed by atoms with Crippen molar-refractivity contribution in [3.8, 4) is 0 Å². The van der Waals surface area contributed by atoms with Crippen LogP contribution in [0, 0.1) is 0 Å². The summed E-state index contributed by atoms with van der Waals surface area (Å²) in [7, 11) is -0.465. The maximum atomic E-state index is 5.00. The molecule has 1 heterocycles. The Balaban J connectivity index is 2.18. The highest BCUT2D eigenvalue weighted by Crippen LogP contribution is 2.37. The van der Waals surface area contributed by atoms with E-state index in [4.69, 9.17) is 9.05 Å². The molecule has 1 fully saturated rings. The monoisotopic (exact) mass is 106 g/mol. The molecule has 0 unspecified atom stereocenters. The van der Waals surface area contributed by atoms with Crippen molar-refractivity contribution in [3.63, 3.8) is 0 Å². The highest BCUT2D eigenvalue weighted by Gasteiger charge is 2.08. The normalized spacial score (nSPS) is 25.5. The molecule has 1 saturated heterocycles. The first-order chi connectivity index (χ1) is 2.89. The molecule has 1 rings (SSSR count). The first-order valence-corrected chi connectivity index (χ1v) is 3.51. The Labute approximate surface area is 38.4 Å². The number of rotatable bonds is 0. The molecule has 0 saturated carbocycles. The molecule has 36 valence electrons. The van der Waals surface area contributed by atoms with Gasteiger partial charge in [0, 0.05) is 6.66 Å². The Morgan fingerprint density at radius 3 is 2.00 bits per heavy atom. The molecule has 0 bridgehead atoms. The lowest BCUT2D eigenvalue weighted by Crippen LogP contribution is -1.79. The Morgan fingerprint density at radius 2 is 1.83 bits per heavy atom. The minimum absolute atomic E-state index is 0.465. The third-order valence-corrected chi connectivity index (χ3v) is 1.72. The van der Waals surface area contributed by atoms with E-state index in [0.717, 1.165) is 13.2 Å². The number of hydrogen-bond donors (Lipinski definition) is 0. The maximum absolute atomic E-state index is 5.00. The Kier molecular flexibility index (Phi) is 1.41. The van der Waals surface area contributed by atoms with Crippen molar-refractivity contribution in [2.75, 3.05) is 19.9 Å². The molecule has 0 aromatic heterocycles. The highest BCUT2D eigenvalue weighted by molar-refractivity contribution is 7.46. The average Bonchev–Trinajstić information content (AvgIpc) is 1.86. The quantitative estimate of drug-likeness (QED) is 0.428. The summed E-state index contributed by atoms with van der Waals surface area (Å²) in [6.07, 6.45) is 0. The van der Waals surface area contributed by atoms with E-state index < -0.39 is 8.38 Å². The highest BCUT2D eigenvalue weighted by atomic mass is 31.2. The van der Waals surface area contributed by atoms with Gasteiger partial charge in [-0.3, -0.25) is 0 Å². The average molecular weight is 106 g/mol. The van der Waals surface area contributed by atoms with Gasteiger partial charge in [0.05, 0.1) is 13.2 Å². The molecule has 0 aromatic rings. The van der Waals surface area contributed by atoms with Crippen LogP contribution in [0.25, 0.3) is 0 Å². The van der Waals surface area contributed by atoms with Gasteiger partial charge in [0.2, 0.25) is 0 Å². The van der Waals surface area contributed by atoms with Gasteiger partial charge in [-0.25, -0.2) is 0 Å². The molecular weight excluding hydrogens is 99.0 g/mol. The van der Waals surface area contributed by atoms with Gasteiger partial charge in [-0.05, 0) is 0 Å². The van der Waals surface area contributed by atoms with Crippen LogP contribution >= 0.6 is 8.38 Å². The lowest BCUT2D eigenvalue weighted by Gasteiger charge is -1.93. The van der Waals surface area contributed by atoms with Gasteiger partial charge in [-0.1, -0.05) is 0 Å². The van der Waals surface area contributed by atoms with Crippen molar-refractivity contribution in [2.45, 2.75) is 0 Å². The molecule has 1 aliphatic rings. The predicted molar refractivity (Wildman–Crippen MR) is 24.7 cm³/mol. The van der Waals surface area contributed by atoms with Gasteiger partial charge in [0.25, 0.3) is 0 Å². The van der Waals surface area contributed by atoms with Crippen molar-refractivity contribution < 1.29 is 9.05 Å². The summed E-state index contributed by atoms with van der Waals surface area (Å²) in [5.74, 6) is 0. The summed E-state index contributed by atoms with van der Waals surface area (Å²) in [6.45, 7) is 3.55. The van der Waals surface area contributed by atoms with E-state index in [9.17, 15) is 0 Å². The Hall–Kier alpha value is 0.350. The van der Waals surface area contributed by atoms with Crippen LogP contribution in [-0.2, 0) is 9.05 Å². The zero-order valence-corrected chi connectivity index (χ0v) is 4.57. The van der Waals surface area contributed by atoms with Gasteiger partial charge >= 0.3 is 0 Å². The molecule has 0 N–H and O–H groups in total. The van der Waals surface area contributed by atoms with Crippen LogP contribution in [0.1, 0.15) is 0 Å². The lowest BCUT2D eigenvalue weighted by molar-refractivity contribution is 0.365. The fraction of sp³-hybridized carbons (Fsp3) is 1.00. The van der Waals surface area contributed by atoms with Crippen LogP contribution in [0.4, 0.5) is 0 Å². The fourth-order valence-electron chi connectivity index (χ4n) is 0.369.